The molecule has 0 bridgehead atoms. The number of carbonyl (C=O) groups excluding carboxylic acids is 3. The molecule has 0 aromatic rings. The van der Waals surface area contributed by atoms with Crippen molar-refractivity contribution in [2.24, 2.45) is 28.6 Å². The van der Waals surface area contributed by atoms with Crippen molar-refractivity contribution in [1.82, 2.24) is 0 Å². The van der Waals surface area contributed by atoms with E-state index in [2.05, 4.69) is 19.9 Å². The smallest absolute Gasteiger partial charge is 0.303 e. The molecule has 0 unspecified atom stereocenters. The Balaban J connectivity index is 1.62. The van der Waals surface area contributed by atoms with E-state index < -0.39 is 41.1 Å². The van der Waals surface area contributed by atoms with Crippen LogP contribution in [0.25, 0.3) is 0 Å². The summed E-state index contributed by atoms with van der Waals surface area (Å²) in [5.74, 6) is -0.960. The van der Waals surface area contributed by atoms with E-state index in [1.165, 1.54) is 20.8 Å². The van der Waals surface area contributed by atoms with Crippen LogP contribution in [0, 0.1) is 28.6 Å². The minimum Gasteiger partial charge on any atom is -0.472 e. The Morgan fingerprint density at radius 1 is 1.00 bits per heavy atom. The van der Waals surface area contributed by atoms with Crippen molar-refractivity contribution in [2.45, 2.75) is 90.5 Å². The molecule has 3 aliphatic heterocycles. The average molecular weight is 493 g/mol. The van der Waals surface area contributed by atoms with Gasteiger partial charge in [-0.1, -0.05) is 13.8 Å². The Labute approximate surface area is 205 Å². The molecule has 4 fully saturated rings. The Bertz CT molecular complexity index is 926. The second kappa shape index (κ2) is 8.47. The molecule has 0 aromatic heterocycles. The molecule has 0 amide bonds. The number of ether oxygens (including phenoxy) is 6. The van der Waals surface area contributed by atoms with Crippen molar-refractivity contribution >= 4 is 17.9 Å². The van der Waals surface area contributed by atoms with E-state index in [-0.39, 0.29) is 42.2 Å². The molecule has 194 valence electrons. The molecule has 35 heavy (non-hydrogen) atoms. The standard InChI is InChI=1S/C26H36O9/c1-14-10-22(34-17(4)29)25(12-31-15(2)27)19(6-7-20(33-16(3)28)26(25)13-32-26)24(14,5)21-11-18-8-9-30-23(18)35-21/h8-9,14,18-23H,6-7,10-13H2,1-5H3/t14-,18-,19-,20-,21+,22+,23-,24+,25+,26-/m1/s1. The van der Waals surface area contributed by atoms with Gasteiger partial charge in [0.1, 0.15) is 24.4 Å². The molecule has 3 heterocycles. The highest BCUT2D eigenvalue weighted by Crippen LogP contribution is 2.70. The van der Waals surface area contributed by atoms with E-state index in [9.17, 15) is 14.4 Å². The molecule has 9 heteroatoms. The minimum atomic E-state index is -0.899. The molecular formula is C26H36O9. The van der Waals surface area contributed by atoms with Gasteiger partial charge in [-0.2, -0.15) is 0 Å². The van der Waals surface area contributed by atoms with Crippen LogP contribution in [0.1, 0.15) is 60.3 Å². The SMILES string of the molecule is CC(=O)OC[C@@]12[C@@H](OC(C)=O)C[C@@H](C)[C@](C)([C@@H]3C[C@H]4C=CO[C@@H]4O3)[C@H]1CC[C@@H](OC(C)=O)[C@]21CO1. The van der Waals surface area contributed by atoms with Crippen LogP contribution in [0.5, 0.6) is 0 Å². The van der Waals surface area contributed by atoms with Gasteiger partial charge in [-0.15, -0.1) is 0 Å². The summed E-state index contributed by atoms with van der Waals surface area (Å²) in [5.41, 5.74) is -2.14. The molecule has 2 saturated heterocycles. The second-order valence-electron chi connectivity index (χ2n) is 11.2. The molecule has 2 saturated carbocycles. The van der Waals surface area contributed by atoms with Gasteiger partial charge in [0.15, 0.2) is 0 Å². The molecule has 5 rings (SSSR count). The molecule has 1 spiro atoms. The Morgan fingerprint density at radius 2 is 1.69 bits per heavy atom. The number of rotatable bonds is 5. The molecule has 5 aliphatic rings. The van der Waals surface area contributed by atoms with E-state index in [1.807, 2.05) is 0 Å². The normalized spacial score (nSPS) is 47.4. The summed E-state index contributed by atoms with van der Waals surface area (Å²) in [6, 6.07) is 0. The molecule has 2 aliphatic carbocycles. The van der Waals surface area contributed by atoms with Crippen LogP contribution in [0.4, 0.5) is 0 Å². The van der Waals surface area contributed by atoms with Gasteiger partial charge in [-0.05, 0) is 43.6 Å². The highest BCUT2D eigenvalue weighted by molar-refractivity contribution is 5.67. The maximum absolute atomic E-state index is 12.3. The Morgan fingerprint density at radius 3 is 2.29 bits per heavy atom. The van der Waals surface area contributed by atoms with Gasteiger partial charge < -0.3 is 28.4 Å². The Hall–Kier alpha value is -2.13. The third kappa shape index (κ3) is 3.60. The summed E-state index contributed by atoms with van der Waals surface area (Å²) in [6.07, 6.45) is 4.96. The van der Waals surface area contributed by atoms with Crippen LogP contribution in [-0.2, 0) is 42.8 Å². The quantitative estimate of drug-likeness (QED) is 0.325. The minimum absolute atomic E-state index is 0.0149. The highest BCUT2D eigenvalue weighted by atomic mass is 16.7. The van der Waals surface area contributed by atoms with Crippen LogP contribution < -0.4 is 0 Å². The second-order valence-corrected chi connectivity index (χ2v) is 11.2. The van der Waals surface area contributed by atoms with E-state index in [4.69, 9.17) is 28.4 Å². The first-order chi connectivity index (χ1) is 16.5. The average Bonchev–Trinajstić information content (AvgIpc) is 3.26. The van der Waals surface area contributed by atoms with Gasteiger partial charge in [0, 0.05) is 32.1 Å². The summed E-state index contributed by atoms with van der Waals surface area (Å²) in [6.45, 7) is 8.93. The number of carbonyl (C=O) groups is 3. The van der Waals surface area contributed by atoms with Crippen LogP contribution in [0.3, 0.4) is 0 Å². The number of hydrogen-bond acceptors (Lipinski definition) is 9. The van der Waals surface area contributed by atoms with Crippen LogP contribution in [0.2, 0.25) is 0 Å². The topological polar surface area (TPSA) is 110 Å². The van der Waals surface area contributed by atoms with Crippen molar-refractivity contribution in [3.05, 3.63) is 12.3 Å². The van der Waals surface area contributed by atoms with Crippen molar-refractivity contribution in [3.8, 4) is 0 Å². The van der Waals surface area contributed by atoms with E-state index in [0.29, 0.717) is 25.9 Å². The van der Waals surface area contributed by atoms with E-state index >= 15 is 0 Å². The van der Waals surface area contributed by atoms with Gasteiger partial charge in [0.05, 0.1) is 24.4 Å². The highest BCUT2D eigenvalue weighted by Gasteiger charge is 2.80. The molecule has 10 atom stereocenters. The molecule has 0 N–H and O–H groups in total. The van der Waals surface area contributed by atoms with Crippen LogP contribution in [0.15, 0.2) is 12.3 Å². The van der Waals surface area contributed by atoms with Gasteiger partial charge in [0.2, 0.25) is 6.29 Å². The monoisotopic (exact) mass is 492 g/mol. The van der Waals surface area contributed by atoms with Gasteiger partial charge in [-0.3, -0.25) is 14.4 Å². The molecular weight excluding hydrogens is 456 g/mol. The molecule has 0 aromatic carbocycles. The summed E-state index contributed by atoms with van der Waals surface area (Å²) in [4.78, 5) is 36.4. The van der Waals surface area contributed by atoms with Crippen molar-refractivity contribution < 1.29 is 42.8 Å². The van der Waals surface area contributed by atoms with Gasteiger partial charge >= 0.3 is 17.9 Å². The van der Waals surface area contributed by atoms with Crippen molar-refractivity contribution in [3.63, 3.8) is 0 Å². The third-order valence-corrected chi connectivity index (χ3v) is 9.55. The van der Waals surface area contributed by atoms with E-state index in [1.54, 1.807) is 6.26 Å². The first kappa shape index (κ1) is 24.6. The zero-order valence-electron chi connectivity index (χ0n) is 21.1. The molecule has 0 radical (unpaired) electrons. The predicted octanol–water partition coefficient (Wildman–Crippen LogP) is 2.90. The van der Waals surface area contributed by atoms with Crippen LogP contribution >= 0.6 is 0 Å². The van der Waals surface area contributed by atoms with Crippen LogP contribution in [-0.4, -0.2) is 61.3 Å². The fourth-order valence-corrected chi connectivity index (χ4v) is 7.82. The zero-order chi connectivity index (χ0) is 25.2. The summed E-state index contributed by atoms with van der Waals surface area (Å²) < 4.78 is 35.9. The van der Waals surface area contributed by atoms with Gasteiger partial charge in [0.25, 0.3) is 0 Å². The number of hydrogen-bond donors (Lipinski definition) is 0. The fourth-order valence-electron chi connectivity index (χ4n) is 7.82. The van der Waals surface area contributed by atoms with E-state index in [0.717, 1.165) is 6.42 Å². The lowest BCUT2D eigenvalue weighted by atomic mass is 9.42. The lowest BCUT2D eigenvalue weighted by molar-refractivity contribution is -0.269. The Kier molecular flexibility index (Phi) is 5.95. The predicted molar refractivity (Wildman–Crippen MR) is 120 cm³/mol. The largest absolute Gasteiger partial charge is 0.472 e. The lowest BCUT2D eigenvalue weighted by Gasteiger charge is -2.64. The summed E-state index contributed by atoms with van der Waals surface area (Å²) in [5, 5.41) is 0. The number of esters is 3. The zero-order valence-corrected chi connectivity index (χ0v) is 21.1. The third-order valence-electron chi connectivity index (χ3n) is 9.55. The lowest BCUT2D eigenvalue weighted by Crippen LogP contribution is -2.72. The molecule has 9 nitrogen and oxygen atoms in total. The summed E-state index contributed by atoms with van der Waals surface area (Å²) >= 11 is 0. The fraction of sp³-hybridized carbons (Fsp3) is 0.808. The number of fused-ring (bicyclic) bond motifs is 3. The van der Waals surface area contributed by atoms with Crippen molar-refractivity contribution in [1.29, 1.82) is 0 Å². The first-order valence-electron chi connectivity index (χ1n) is 12.6. The van der Waals surface area contributed by atoms with Gasteiger partial charge in [-0.25, -0.2) is 0 Å². The van der Waals surface area contributed by atoms with Crippen molar-refractivity contribution in [2.75, 3.05) is 13.2 Å². The maximum Gasteiger partial charge on any atom is 0.303 e. The summed E-state index contributed by atoms with van der Waals surface area (Å²) in [7, 11) is 0. The maximum atomic E-state index is 12.3. The number of epoxide rings is 1. The first-order valence-corrected chi connectivity index (χ1v) is 12.6.